The fourth-order valence-electron chi connectivity index (χ4n) is 2.76. The molecule has 0 bridgehead atoms. The summed E-state index contributed by atoms with van der Waals surface area (Å²) < 4.78 is 10.5. The molecule has 1 saturated heterocycles. The van der Waals surface area contributed by atoms with E-state index in [4.69, 9.17) is 9.47 Å². The van der Waals surface area contributed by atoms with Crippen LogP contribution in [-0.4, -0.2) is 45.3 Å². The quantitative estimate of drug-likeness (QED) is 0.790. The molecular formula is C18H27N3O4. The maximum Gasteiger partial charge on any atom is 0.315 e. The average molecular weight is 349 g/mol. The van der Waals surface area contributed by atoms with Crippen molar-refractivity contribution in [1.82, 2.24) is 10.6 Å². The summed E-state index contributed by atoms with van der Waals surface area (Å²) in [5.74, 6) is 1.68. The molecule has 138 valence electrons. The Kier molecular flexibility index (Phi) is 6.50. The van der Waals surface area contributed by atoms with Crippen molar-refractivity contribution in [2.24, 2.45) is 5.92 Å². The molecule has 0 radical (unpaired) electrons. The van der Waals surface area contributed by atoms with Crippen molar-refractivity contribution < 1.29 is 19.1 Å². The minimum absolute atomic E-state index is 0.0281. The summed E-state index contributed by atoms with van der Waals surface area (Å²) >= 11 is 0. The molecule has 1 heterocycles. The zero-order valence-corrected chi connectivity index (χ0v) is 15.3. The van der Waals surface area contributed by atoms with E-state index >= 15 is 0 Å². The van der Waals surface area contributed by atoms with Crippen LogP contribution in [0.5, 0.6) is 11.5 Å². The lowest BCUT2D eigenvalue weighted by Crippen LogP contribution is -2.43. The van der Waals surface area contributed by atoms with E-state index in [2.05, 4.69) is 24.5 Å². The van der Waals surface area contributed by atoms with Crippen molar-refractivity contribution in [3.05, 3.63) is 18.2 Å². The van der Waals surface area contributed by atoms with Crippen LogP contribution in [0.1, 0.15) is 26.7 Å². The second-order valence-electron chi connectivity index (χ2n) is 6.53. The summed E-state index contributed by atoms with van der Waals surface area (Å²) in [6, 6.07) is 4.90. The number of carbonyl (C=O) groups is 2. The molecule has 0 aromatic heterocycles. The van der Waals surface area contributed by atoms with Crippen molar-refractivity contribution in [3.8, 4) is 11.5 Å². The number of ether oxygens (including phenoxy) is 2. The maximum atomic E-state index is 12.3. The Labute approximate surface area is 148 Å². The smallest absolute Gasteiger partial charge is 0.315 e. The number of benzene rings is 1. The molecule has 7 nitrogen and oxygen atoms in total. The summed E-state index contributed by atoms with van der Waals surface area (Å²) in [5.41, 5.74) is 0.729. The first-order valence-electron chi connectivity index (χ1n) is 8.51. The molecule has 1 fully saturated rings. The van der Waals surface area contributed by atoms with E-state index in [0.717, 1.165) is 12.1 Å². The third-order valence-electron chi connectivity index (χ3n) is 4.15. The monoisotopic (exact) mass is 349 g/mol. The van der Waals surface area contributed by atoms with Crippen LogP contribution in [-0.2, 0) is 4.79 Å². The van der Waals surface area contributed by atoms with Gasteiger partial charge in [-0.25, -0.2) is 4.79 Å². The third-order valence-corrected chi connectivity index (χ3v) is 4.15. The van der Waals surface area contributed by atoms with Crippen LogP contribution in [0.3, 0.4) is 0 Å². The fourth-order valence-corrected chi connectivity index (χ4v) is 2.76. The number of nitrogens with one attached hydrogen (secondary N) is 2. The van der Waals surface area contributed by atoms with Crippen molar-refractivity contribution in [2.45, 2.75) is 32.7 Å². The highest BCUT2D eigenvalue weighted by Crippen LogP contribution is 2.33. The average Bonchev–Trinajstić information content (AvgIpc) is 2.94. The van der Waals surface area contributed by atoms with Crippen LogP contribution in [0, 0.1) is 5.92 Å². The number of methoxy groups -OCH3 is 2. The Morgan fingerprint density at radius 2 is 2.00 bits per heavy atom. The standard InChI is InChI=1S/C18H27N3O4/c1-12(2)7-8-19-18(23)20-13-9-17(22)21(11-13)14-5-6-15(24-3)16(10-14)25-4/h5-6,10,12-13H,7-9,11H2,1-4H3,(H2,19,20,23). The van der Waals surface area contributed by atoms with Crippen molar-refractivity contribution >= 4 is 17.6 Å². The van der Waals surface area contributed by atoms with E-state index in [1.807, 2.05) is 6.07 Å². The Morgan fingerprint density at radius 1 is 1.28 bits per heavy atom. The van der Waals surface area contributed by atoms with Gasteiger partial charge in [-0.05, 0) is 24.5 Å². The maximum absolute atomic E-state index is 12.3. The van der Waals surface area contributed by atoms with E-state index in [1.54, 1.807) is 31.3 Å². The first kappa shape index (κ1) is 18.9. The third kappa shape index (κ3) is 5.01. The topological polar surface area (TPSA) is 79.9 Å². The van der Waals surface area contributed by atoms with E-state index < -0.39 is 0 Å². The van der Waals surface area contributed by atoms with Gasteiger partial charge in [-0.2, -0.15) is 0 Å². The number of urea groups is 1. The van der Waals surface area contributed by atoms with E-state index in [-0.39, 0.29) is 24.4 Å². The second-order valence-corrected chi connectivity index (χ2v) is 6.53. The fraction of sp³-hybridized carbons (Fsp3) is 0.556. The molecule has 1 aliphatic rings. The van der Waals surface area contributed by atoms with Gasteiger partial charge >= 0.3 is 6.03 Å². The minimum Gasteiger partial charge on any atom is -0.493 e. The first-order chi connectivity index (χ1) is 11.9. The predicted octanol–water partition coefficient (Wildman–Crippen LogP) is 2.15. The van der Waals surface area contributed by atoms with Crippen LogP contribution >= 0.6 is 0 Å². The van der Waals surface area contributed by atoms with Gasteiger partial charge in [-0.15, -0.1) is 0 Å². The lowest BCUT2D eigenvalue weighted by Gasteiger charge is -2.19. The SMILES string of the molecule is COc1ccc(N2CC(NC(=O)NCCC(C)C)CC2=O)cc1OC. The summed E-state index contributed by atoms with van der Waals surface area (Å²) in [5, 5.41) is 5.69. The summed E-state index contributed by atoms with van der Waals surface area (Å²) in [6.07, 6.45) is 1.21. The molecular weight excluding hydrogens is 322 g/mol. The molecule has 1 aliphatic heterocycles. The number of amides is 3. The van der Waals surface area contributed by atoms with Gasteiger partial charge in [-0.3, -0.25) is 4.79 Å². The summed E-state index contributed by atoms with van der Waals surface area (Å²) in [4.78, 5) is 25.9. The molecule has 1 atom stereocenters. The lowest BCUT2D eigenvalue weighted by molar-refractivity contribution is -0.117. The molecule has 1 unspecified atom stereocenters. The van der Waals surface area contributed by atoms with Gasteiger partial charge in [-0.1, -0.05) is 13.8 Å². The van der Waals surface area contributed by atoms with E-state index in [9.17, 15) is 9.59 Å². The van der Waals surface area contributed by atoms with Crippen molar-refractivity contribution in [1.29, 1.82) is 0 Å². The second kappa shape index (κ2) is 8.60. The van der Waals surface area contributed by atoms with Gasteiger partial charge < -0.3 is 25.0 Å². The van der Waals surface area contributed by atoms with Gasteiger partial charge in [0.05, 0.1) is 20.3 Å². The Bertz CT molecular complexity index is 618. The van der Waals surface area contributed by atoms with Crippen LogP contribution in [0.4, 0.5) is 10.5 Å². The molecule has 3 amide bonds. The number of rotatable bonds is 7. The number of anilines is 1. The number of carbonyl (C=O) groups excluding carboxylic acids is 2. The lowest BCUT2D eigenvalue weighted by atomic mass is 10.1. The van der Waals surface area contributed by atoms with Gasteiger partial charge in [0.15, 0.2) is 11.5 Å². The molecule has 2 rings (SSSR count). The van der Waals surface area contributed by atoms with Crippen molar-refractivity contribution in [3.63, 3.8) is 0 Å². The van der Waals surface area contributed by atoms with Crippen LogP contribution in [0.2, 0.25) is 0 Å². The zero-order chi connectivity index (χ0) is 18.4. The highest BCUT2D eigenvalue weighted by Gasteiger charge is 2.32. The van der Waals surface area contributed by atoms with Crippen molar-refractivity contribution in [2.75, 3.05) is 32.2 Å². The molecule has 7 heteroatoms. The van der Waals surface area contributed by atoms with E-state index in [1.165, 1.54) is 0 Å². The van der Waals surface area contributed by atoms with Crippen LogP contribution in [0.25, 0.3) is 0 Å². The largest absolute Gasteiger partial charge is 0.493 e. The van der Waals surface area contributed by atoms with Gasteiger partial charge in [0, 0.05) is 31.3 Å². The molecule has 0 saturated carbocycles. The Balaban J connectivity index is 1.95. The molecule has 0 aliphatic carbocycles. The molecule has 1 aromatic carbocycles. The Hall–Kier alpha value is -2.44. The number of hydrogen-bond donors (Lipinski definition) is 2. The summed E-state index contributed by atoms with van der Waals surface area (Å²) in [7, 11) is 3.12. The van der Waals surface area contributed by atoms with Gasteiger partial charge in [0.25, 0.3) is 0 Å². The number of nitrogens with zero attached hydrogens (tertiary/aromatic N) is 1. The van der Waals surface area contributed by atoms with Gasteiger partial charge in [0.2, 0.25) is 5.91 Å². The van der Waals surface area contributed by atoms with Crippen LogP contribution < -0.4 is 25.0 Å². The predicted molar refractivity (Wildman–Crippen MR) is 96.3 cm³/mol. The Morgan fingerprint density at radius 3 is 2.64 bits per heavy atom. The molecule has 0 spiro atoms. The molecule has 2 N–H and O–H groups in total. The minimum atomic E-state index is -0.229. The highest BCUT2D eigenvalue weighted by atomic mass is 16.5. The van der Waals surface area contributed by atoms with Gasteiger partial charge in [0.1, 0.15) is 0 Å². The zero-order valence-electron chi connectivity index (χ0n) is 15.3. The normalized spacial score (nSPS) is 16.9. The highest BCUT2D eigenvalue weighted by molar-refractivity contribution is 5.97. The van der Waals surface area contributed by atoms with E-state index in [0.29, 0.717) is 30.5 Å². The molecule has 1 aromatic rings. The summed E-state index contributed by atoms with van der Waals surface area (Å²) in [6.45, 7) is 5.28. The first-order valence-corrected chi connectivity index (χ1v) is 8.51. The van der Waals surface area contributed by atoms with Crippen LogP contribution in [0.15, 0.2) is 18.2 Å². The number of hydrogen-bond acceptors (Lipinski definition) is 4. The molecule has 25 heavy (non-hydrogen) atoms.